The molecule has 0 fully saturated rings. The monoisotopic (exact) mass is 183 g/mol. The van der Waals surface area contributed by atoms with Crippen LogP contribution in [0, 0.1) is 0 Å². The number of aromatic nitrogens is 1. The number of hydrogen-bond acceptors (Lipinski definition) is 4. The molecule has 0 amide bonds. The highest BCUT2D eigenvalue weighted by Crippen LogP contribution is 2.25. The predicted molar refractivity (Wildman–Crippen MR) is 51.2 cm³/mol. The first-order valence-electron chi connectivity index (χ1n) is 4.18. The first-order valence-corrected chi connectivity index (χ1v) is 5.00. The Bertz CT molecular complexity index is 282. The highest BCUT2D eigenvalue weighted by atomic mass is 32.1. The van der Waals surface area contributed by atoms with Gasteiger partial charge in [0.05, 0.1) is 5.69 Å². The number of rotatable bonds is 0. The van der Waals surface area contributed by atoms with Gasteiger partial charge < -0.3 is 10.6 Å². The maximum atomic E-state index is 5.64. The quantitative estimate of drug-likeness (QED) is 0.655. The van der Waals surface area contributed by atoms with Crippen molar-refractivity contribution >= 4 is 16.5 Å². The average molecular weight is 183 g/mol. The molecule has 1 aliphatic heterocycles. The van der Waals surface area contributed by atoms with Gasteiger partial charge in [-0.3, -0.25) is 0 Å². The van der Waals surface area contributed by atoms with Crippen molar-refractivity contribution in [2.45, 2.75) is 19.4 Å². The first kappa shape index (κ1) is 8.01. The number of aryl methyl sites for hydroxylation is 1. The van der Waals surface area contributed by atoms with Crippen molar-refractivity contribution < 1.29 is 0 Å². The van der Waals surface area contributed by atoms with E-state index in [4.69, 9.17) is 5.73 Å². The van der Waals surface area contributed by atoms with Crippen LogP contribution in [0.3, 0.4) is 0 Å². The number of thiazole rings is 1. The van der Waals surface area contributed by atoms with Gasteiger partial charge in [-0.15, -0.1) is 11.3 Å². The van der Waals surface area contributed by atoms with Crippen molar-refractivity contribution in [1.82, 2.24) is 9.88 Å². The Kier molecular flexibility index (Phi) is 2.02. The molecule has 1 aromatic heterocycles. The maximum Gasteiger partial charge on any atom is 0.180 e. The molecule has 1 aromatic rings. The fourth-order valence-electron chi connectivity index (χ4n) is 1.57. The summed E-state index contributed by atoms with van der Waals surface area (Å²) < 4.78 is 0. The first-order chi connectivity index (χ1) is 5.75. The standard InChI is InChI=1S/C8H13N3S/c1-11-4-2-3-7-6(5-11)10-8(9)12-7/h2-5H2,1H3,(H2,9,10). The highest BCUT2D eigenvalue weighted by molar-refractivity contribution is 7.15. The van der Waals surface area contributed by atoms with Crippen LogP contribution in [0.25, 0.3) is 0 Å². The summed E-state index contributed by atoms with van der Waals surface area (Å²) in [6.45, 7) is 2.13. The van der Waals surface area contributed by atoms with Gasteiger partial charge in [0, 0.05) is 11.4 Å². The van der Waals surface area contributed by atoms with E-state index in [1.807, 2.05) is 0 Å². The molecule has 3 nitrogen and oxygen atoms in total. The van der Waals surface area contributed by atoms with Gasteiger partial charge in [-0.2, -0.15) is 0 Å². The second-order valence-corrected chi connectivity index (χ2v) is 4.38. The van der Waals surface area contributed by atoms with E-state index in [0.717, 1.165) is 18.1 Å². The molecule has 0 aliphatic carbocycles. The van der Waals surface area contributed by atoms with Crippen LogP contribution in [0.1, 0.15) is 17.0 Å². The van der Waals surface area contributed by atoms with Crippen LogP contribution < -0.4 is 5.73 Å². The van der Waals surface area contributed by atoms with E-state index in [1.54, 1.807) is 11.3 Å². The summed E-state index contributed by atoms with van der Waals surface area (Å²) in [7, 11) is 2.13. The molecule has 2 heterocycles. The Morgan fingerprint density at radius 1 is 1.58 bits per heavy atom. The third-order valence-electron chi connectivity index (χ3n) is 2.16. The lowest BCUT2D eigenvalue weighted by Crippen LogP contribution is -2.17. The number of nitrogen functional groups attached to an aromatic ring is 1. The van der Waals surface area contributed by atoms with Crippen LogP contribution in [0.15, 0.2) is 0 Å². The van der Waals surface area contributed by atoms with Crippen LogP contribution in [0.5, 0.6) is 0 Å². The molecule has 0 spiro atoms. The number of nitrogens with two attached hydrogens (primary N) is 1. The van der Waals surface area contributed by atoms with Crippen molar-refractivity contribution in [2.24, 2.45) is 0 Å². The van der Waals surface area contributed by atoms with E-state index in [0.29, 0.717) is 0 Å². The zero-order valence-corrected chi connectivity index (χ0v) is 8.02. The summed E-state index contributed by atoms with van der Waals surface area (Å²) >= 11 is 1.65. The molecule has 0 atom stereocenters. The number of hydrogen-bond donors (Lipinski definition) is 1. The molecular weight excluding hydrogens is 170 g/mol. The number of nitrogens with zero attached hydrogens (tertiary/aromatic N) is 2. The molecule has 12 heavy (non-hydrogen) atoms. The lowest BCUT2D eigenvalue weighted by Gasteiger charge is -2.10. The summed E-state index contributed by atoms with van der Waals surface area (Å²) in [6, 6.07) is 0. The van der Waals surface area contributed by atoms with Gasteiger partial charge in [-0.05, 0) is 26.4 Å². The van der Waals surface area contributed by atoms with Crippen LogP contribution in [0.2, 0.25) is 0 Å². The molecule has 0 aromatic carbocycles. The SMILES string of the molecule is CN1CCCc2sc(N)nc2C1. The Balaban J connectivity index is 2.30. The topological polar surface area (TPSA) is 42.1 Å². The van der Waals surface area contributed by atoms with E-state index in [9.17, 15) is 0 Å². The lowest BCUT2D eigenvalue weighted by atomic mass is 10.2. The largest absolute Gasteiger partial charge is 0.375 e. The second kappa shape index (κ2) is 3.03. The summed E-state index contributed by atoms with van der Waals surface area (Å²) in [5.41, 5.74) is 6.84. The van der Waals surface area contributed by atoms with Crippen molar-refractivity contribution in [1.29, 1.82) is 0 Å². The molecular formula is C8H13N3S. The zero-order valence-electron chi connectivity index (χ0n) is 7.21. The van der Waals surface area contributed by atoms with E-state index in [2.05, 4.69) is 16.9 Å². The van der Waals surface area contributed by atoms with Gasteiger partial charge in [-0.25, -0.2) is 4.98 Å². The van der Waals surface area contributed by atoms with Gasteiger partial charge in [0.25, 0.3) is 0 Å². The number of fused-ring (bicyclic) bond motifs is 1. The third-order valence-corrected chi connectivity index (χ3v) is 3.14. The van der Waals surface area contributed by atoms with Gasteiger partial charge in [-0.1, -0.05) is 0 Å². The van der Waals surface area contributed by atoms with Gasteiger partial charge in [0.2, 0.25) is 0 Å². The van der Waals surface area contributed by atoms with E-state index < -0.39 is 0 Å². The van der Waals surface area contributed by atoms with Gasteiger partial charge >= 0.3 is 0 Å². The zero-order chi connectivity index (χ0) is 8.55. The van der Waals surface area contributed by atoms with Crippen LogP contribution in [-0.2, 0) is 13.0 Å². The fourth-order valence-corrected chi connectivity index (χ4v) is 2.45. The van der Waals surface area contributed by atoms with E-state index >= 15 is 0 Å². The second-order valence-electron chi connectivity index (χ2n) is 3.26. The van der Waals surface area contributed by atoms with Crippen LogP contribution in [0.4, 0.5) is 5.13 Å². The van der Waals surface area contributed by atoms with Crippen molar-refractivity contribution in [3.8, 4) is 0 Å². The summed E-state index contributed by atoms with van der Waals surface area (Å²) in [5.74, 6) is 0. The molecule has 4 heteroatoms. The minimum Gasteiger partial charge on any atom is -0.375 e. The van der Waals surface area contributed by atoms with Crippen molar-refractivity contribution in [3.63, 3.8) is 0 Å². The Labute approximate surface area is 76.2 Å². The molecule has 0 radical (unpaired) electrons. The smallest absolute Gasteiger partial charge is 0.180 e. The van der Waals surface area contributed by atoms with Gasteiger partial charge in [0.15, 0.2) is 5.13 Å². The normalized spacial score (nSPS) is 18.8. The molecule has 2 N–H and O–H groups in total. The Hall–Kier alpha value is -0.610. The van der Waals surface area contributed by atoms with Crippen LogP contribution >= 0.6 is 11.3 Å². The number of anilines is 1. The van der Waals surface area contributed by atoms with Gasteiger partial charge in [0.1, 0.15) is 0 Å². The summed E-state index contributed by atoms with van der Waals surface area (Å²) in [6.07, 6.45) is 2.37. The van der Waals surface area contributed by atoms with Crippen molar-refractivity contribution in [3.05, 3.63) is 10.6 Å². The molecule has 0 unspecified atom stereocenters. The third kappa shape index (κ3) is 1.44. The molecule has 66 valence electrons. The summed E-state index contributed by atoms with van der Waals surface area (Å²) in [5, 5.41) is 0.718. The fraction of sp³-hybridized carbons (Fsp3) is 0.625. The summed E-state index contributed by atoms with van der Waals surface area (Å²) in [4.78, 5) is 8.00. The minimum absolute atomic E-state index is 0.718. The van der Waals surface area contributed by atoms with Crippen LogP contribution in [-0.4, -0.2) is 23.5 Å². The highest BCUT2D eigenvalue weighted by Gasteiger charge is 2.14. The molecule has 1 aliphatic rings. The Morgan fingerprint density at radius 3 is 3.25 bits per heavy atom. The van der Waals surface area contributed by atoms with Crippen molar-refractivity contribution in [2.75, 3.05) is 19.3 Å². The maximum absolute atomic E-state index is 5.64. The predicted octanol–water partition coefficient (Wildman–Crippen LogP) is 1.10. The Morgan fingerprint density at radius 2 is 2.42 bits per heavy atom. The van der Waals surface area contributed by atoms with E-state index in [1.165, 1.54) is 23.5 Å². The average Bonchev–Trinajstić information content (AvgIpc) is 2.23. The molecule has 0 saturated heterocycles. The minimum atomic E-state index is 0.718. The molecule has 0 bridgehead atoms. The lowest BCUT2D eigenvalue weighted by molar-refractivity contribution is 0.329. The molecule has 0 saturated carbocycles. The van der Waals surface area contributed by atoms with E-state index in [-0.39, 0.29) is 0 Å². The molecule has 2 rings (SSSR count).